The van der Waals surface area contributed by atoms with Gasteiger partial charge in [-0.05, 0) is 38.3 Å². The van der Waals surface area contributed by atoms with Crippen molar-refractivity contribution in [3.63, 3.8) is 0 Å². The van der Waals surface area contributed by atoms with E-state index in [0.29, 0.717) is 24.0 Å². The summed E-state index contributed by atoms with van der Waals surface area (Å²) in [4.78, 5) is 28.1. The number of anilines is 1. The number of oxazole rings is 1. The molecule has 0 atom stereocenters. The Labute approximate surface area is 156 Å². The molecular formula is C20H21N5O2. The van der Waals surface area contributed by atoms with Gasteiger partial charge in [0.25, 0.3) is 5.91 Å². The number of para-hydroxylation sites is 2. The highest BCUT2D eigenvalue weighted by Gasteiger charge is 2.30. The van der Waals surface area contributed by atoms with Crippen molar-refractivity contribution in [3.8, 4) is 0 Å². The average molecular weight is 363 g/mol. The van der Waals surface area contributed by atoms with E-state index in [1.165, 1.54) is 0 Å². The van der Waals surface area contributed by atoms with E-state index in [9.17, 15) is 4.79 Å². The maximum absolute atomic E-state index is 12.2. The van der Waals surface area contributed by atoms with Crippen molar-refractivity contribution in [2.75, 3.05) is 24.5 Å². The molecule has 2 aromatic heterocycles. The van der Waals surface area contributed by atoms with Crippen LogP contribution in [0.4, 0.5) is 5.82 Å². The number of nitrogens with one attached hydrogen (secondary N) is 1. The summed E-state index contributed by atoms with van der Waals surface area (Å²) >= 11 is 0. The highest BCUT2D eigenvalue weighted by molar-refractivity contribution is 5.96. The molecule has 7 nitrogen and oxygen atoms in total. The van der Waals surface area contributed by atoms with Crippen LogP contribution >= 0.6 is 0 Å². The number of carbonyl (C=O) groups is 1. The quantitative estimate of drug-likeness (QED) is 0.753. The predicted octanol–water partition coefficient (Wildman–Crippen LogP) is 2.60. The summed E-state index contributed by atoms with van der Waals surface area (Å²) in [7, 11) is 0. The van der Waals surface area contributed by atoms with Crippen molar-refractivity contribution >= 4 is 22.8 Å². The van der Waals surface area contributed by atoms with Crippen LogP contribution in [0.3, 0.4) is 0 Å². The number of amides is 1. The molecule has 7 heteroatoms. The van der Waals surface area contributed by atoms with Gasteiger partial charge in [-0.1, -0.05) is 12.1 Å². The number of carbonyl (C=O) groups excluding carboxylic acids is 1. The molecule has 5 rings (SSSR count). The predicted molar refractivity (Wildman–Crippen MR) is 101 cm³/mol. The van der Waals surface area contributed by atoms with Crippen molar-refractivity contribution < 1.29 is 9.21 Å². The van der Waals surface area contributed by atoms with E-state index in [0.717, 1.165) is 60.7 Å². The van der Waals surface area contributed by atoms with Crippen LogP contribution in [-0.4, -0.2) is 40.5 Å². The van der Waals surface area contributed by atoms with Crippen LogP contribution in [0, 0.1) is 6.92 Å². The van der Waals surface area contributed by atoms with Crippen LogP contribution in [0.5, 0.6) is 0 Å². The molecule has 138 valence electrons. The molecule has 1 aromatic carbocycles. The van der Waals surface area contributed by atoms with E-state index in [1.54, 1.807) is 0 Å². The number of hydrogen-bond acceptors (Lipinski definition) is 6. The van der Waals surface area contributed by atoms with E-state index in [2.05, 4.69) is 25.2 Å². The van der Waals surface area contributed by atoms with E-state index in [-0.39, 0.29) is 5.91 Å². The zero-order valence-electron chi connectivity index (χ0n) is 15.2. The summed E-state index contributed by atoms with van der Waals surface area (Å²) in [6.45, 7) is 4.23. The third kappa shape index (κ3) is 2.83. The Kier molecular flexibility index (Phi) is 3.81. The summed E-state index contributed by atoms with van der Waals surface area (Å²) in [6, 6.07) is 7.89. The third-order valence-electron chi connectivity index (χ3n) is 5.43. The summed E-state index contributed by atoms with van der Waals surface area (Å²) in [5.74, 6) is 2.61. The molecule has 0 saturated carbocycles. The molecule has 0 radical (unpaired) electrons. The number of hydrogen-bond donors (Lipinski definition) is 1. The van der Waals surface area contributed by atoms with Gasteiger partial charge in [0.1, 0.15) is 22.9 Å². The lowest BCUT2D eigenvalue weighted by atomic mass is 9.96. The second-order valence-corrected chi connectivity index (χ2v) is 7.21. The van der Waals surface area contributed by atoms with Gasteiger partial charge in [-0.25, -0.2) is 15.0 Å². The van der Waals surface area contributed by atoms with Gasteiger partial charge in [-0.2, -0.15) is 0 Å². The molecule has 2 aliphatic heterocycles. The first-order chi connectivity index (χ1) is 13.2. The lowest BCUT2D eigenvalue weighted by Gasteiger charge is -2.33. The normalized spacial score (nSPS) is 17.8. The Bertz CT molecular complexity index is 987. The first kappa shape index (κ1) is 16.2. The Balaban J connectivity index is 1.38. The number of aryl methyl sites for hydroxylation is 1. The van der Waals surface area contributed by atoms with E-state index in [1.807, 2.05) is 31.2 Å². The van der Waals surface area contributed by atoms with Crippen LogP contribution in [0.1, 0.15) is 46.5 Å². The van der Waals surface area contributed by atoms with Crippen molar-refractivity contribution in [1.29, 1.82) is 0 Å². The number of piperidine rings is 1. The Morgan fingerprint density at radius 2 is 1.96 bits per heavy atom. The molecule has 0 bridgehead atoms. The SMILES string of the molecule is Cc1nc2c(c(N3CCC(c4nc5ccccc5o4)CC3)n1)CCNC2=O. The molecular weight excluding hydrogens is 342 g/mol. The van der Waals surface area contributed by atoms with Gasteiger partial charge in [0.05, 0.1) is 0 Å². The van der Waals surface area contributed by atoms with Crippen LogP contribution < -0.4 is 10.2 Å². The first-order valence-electron chi connectivity index (χ1n) is 9.45. The Morgan fingerprint density at radius 1 is 1.15 bits per heavy atom. The summed E-state index contributed by atoms with van der Waals surface area (Å²) in [5, 5.41) is 2.87. The van der Waals surface area contributed by atoms with Crippen LogP contribution in [0.2, 0.25) is 0 Å². The third-order valence-corrected chi connectivity index (χ3v) is 5.43. The maximum Gasteiger partial charge on any atom is 0.270 e. The average Bonchev–Trinajstić information content (AvgIpc) is 3.13. The molecule has 1 N–H and O–H groups in total. The molecule has 0 aliphatic carbocycles. The molecule has 4 heterocycles. The van der Waals surface area contributed by atoms with Crippen molar-refractivity contribution in [3.05, 3.63) is 47.2 Å². The largest absolute Gasteiger partial charge is 0.440 e. The van der Waals surface area contributed by atoms with E-state index < -0.39 is 0 Å². The van der Waals surface area contributed by atoms with Gasteiger partial charge < -0.3 is 14.6 Å². The minimum Gasteiger partial charge on any atom is -0.440 e. The smallest absolute Gasteiger partial charge is 0.270 e. The highest BCUT2D eigenvalue weighted by Crippen LogP contribution is 2.33. The number of nitrogens with zero attached hydrogens (tertiary/aromatic N) is 4. The lowest BCUT2D eigenvalue weighted by Crippen LogP contribution is -2.38. The van der Waals surface area contributed by atoms with Crippen molar-refractivity contribution in [1.82, 2.24) is 20.3 Å². The van der Waals surface area contributed by atoms with E-state index in [4.69, 9.17) is 4.42 Å². The van der Waals surface area contributed by atoms with Gasteiger partial charge in [0, 0.05) is 31.1 Å². The standard InChI is InChI=1S/C20H21N5O2/c1-12-22-17-14(6-9-21-19(17)26)18(23-12)25-10-7-13(8-11-25)20-24-15-4-2-3-5-16(15)27-20/h2-5,13H,6-11H2,1H3,(H,21,26). The highest BCUT2D eigenvalue weighted by atomic mass is 16.3. The Morgan fingerprint density at radius 3 is 2.78 bits per heavy atom. The number of fused-ring (bicyclic) bond motifs is 2. The van der Waals surface area contributed by atoms with Gasteiger partial charge in [-0.15, -0.1) is 0 Å². The maximum atomic E-state index is 12.2. The van der Waals surface area contributed by atoms with Gasteiger partial charge >= 0.3 is 0 Å². The zero-order valence-corrected chi connectivity index (χ0v) is 15.2. The molecule has 1 amide bonds. The fourth-order valence-corrected chi connectivity index (χ4v) is 4.05. The second-order valence-electron chi connectivity index (χ2n) is 7.21. The fourth-order valence-electron chi connectivity index (χ4n) is 4.05. The minimum absolute atomic E-state index is 0.0932. The van der Waals surface area contributed by atoms with Gasteiger partial charge in [0.2, 0.25) is 0 Å². The minimum atomic E-state index is -0.0932. The van der Waals surface area contributed by atoms with Gasteiger partial charge in [0.15, 0.2) is 11.5 Å². The second kappa shape index (κ2) is 6.33. The number of aromatic nitrogens is 3. The molecule has 0 unspecified atom stereocenters. The zero-order chi connectivity index (χ0) is 18.4. The Hall–Kier alpha value is -2.96. The van der Waals surface area contributed by atoms with Crippen LogP contribution in [0.25, 0.3) is 11.1 Å². The number of rotatable bonds is 2. The molecule has 2 aliphatic rings. The summed E-state index contributed by atoms with van der Waals surface area (Å²) < 4.78 is 5.96. The monoisotopic (exact) mass is 363 g/mol. The number of benzene rings is 1. The van der Waals surface area contributed by atoms with Crippen LogP contribution in [-0.2, 0) is 6.42 Å². The first-order valence-corrected chi connectivity index (χ1v) is 9.45. The molecule has 1 fully saturated rings. The molecule has 3 aromatic rings. The van der Waals surface area contributed by atoms with Crippen LogP contribution in [0.15, 0.2) is 28.7 Å². The topological polar surface area (TPSA) is 84.2 Å². The molecule has 1 saturated heterocycles. The summed E-state index contributed by atoms with van der Waals surface area (Å²) in [6.07, 6.45) is 2.69. The summed E-state index contributed by atoms with van der Waals surface area (Å²) in [5.41, 5.74) is 3.28. The molecule has 0 spiro atoms. The molecule has 27 heavy (non-hydrogen) atoms. The van der Waals surface area contributed by atoms with Crippen molar-refractivity contribution in [2.24, 2.45) is 0 Å². The fraction of sp³-hybridized carbons (Fsp3) is 0.400. The van der Waals surface area contributed by atoms with Crippen molar-refractivity contribution in [2.45, 2.75) is 32.1 Å². The lowest BCUT2D eigenvalue weighted by molar-refractivity contribution is 0.0940. The van der Waals surface area contributed by atoms with E-state index >= 15 is 0 Å². The van der Waals surface area contributed by atoms with Gasteiger partial charge in [-0.3, -0.25) is 4.79 Å².